The van der Waals surface area contributed by atoms with E-state index in [0.29, 0.717) is 6.42 Å². The monoisotopic (exact) mass is 483 g/mol. The number of ether oxygens (including phenoxy) is 1. The number of nitrogens with zero attached hydrogens (tertiary/aromatic N) is 1. The standard InChI is InChI=1S/C29H57NO4/c1-3-4-5-6-7-8-9-10-13-16-19-22-25-30(27-28(31)32)26-23-20-17-14-11-12-15-18-21-24-29(33)34-2/h3-27H2,1-2H3,(H,31,32). The minimum atomic E-state index is -0.703. The van der Waals surface area contributed by atoms with Gasteiger partial charge in [-0.05, 0) is 32.4 Å². The molecule has 0 rings (SSSR count). The average molecular weight is 484 g/mol. The van der Waals surface area contributed by atoms with Crippen molar-refractivity contribution >= 4 is 11.9 Å². The van der Waals surface area contributed by atoms with E-state index in [9.17, 15) is 14.7 Å². The van der Waals surface area contributed by atoms with Crippen molar-refractivity contribution in [2.45, 2.75) is 148 Å². The van der Waals surface area contributed by atoms with Crippen LogP contribution in [0.4, 0.5) is 0 Å². The molecule has 34 heavy (non-hydrogen) atoms. The van der Waals surface area contributed by atoms with E-state index in [4.69, 9.17) is 0 Å². The van der Waals surface area contributed by atoms with Gasteiger partial charge in [0.25, 0.3) is 0 Å². The van der Waals surface area contributed by atoms with Crippen molar-refractivity contribution in [2.75, 3.05) is 26.7 Å². The second-order valence-corrected chi connectivity index (χ2v) is 10.1. The van der Waals surface area contributed by atoms with Gasteiger partial charge in [0.2, 0.25) is 0 Å². The second-order valence-electron chi connectivity index (χ2n) is 10.1. The maximum absolute atomic E-state index is 11.2. The summed E-state index contributed by atoms with van der Waals surface area (Å²) in [5.41, 5.74) is 0. The fourth-order valence-electron chi connectivity index (χ4n) is 4.58. The minimum Gasteiger partial charge on any atom is -0.480 e. The van der Waals surface area contributed by atoms with Gasteiger partial charge in [-0.15, -0.1) is 0 Å². The van der Waals surface area contributed by atoms with Gasteiger partial charge < -0.3 is 9.84 Å². The van der Waals surface area contributed by atoms with Gasteiger partial charge in [0, 0.05) is 6.42 Å². The molecule has 0 fully saturated rings. The highest BCUT2D eigenvalue weighted by Crippen LogP contribution is 2.13. The smallest absolute Gasteiger partial charge is 0.317 e. The molecule has 0 aliphatic carbocycles. The predicted octanol–water partition coefficient (Wildman–Crippen LogP) is 8.15. The number of carbonyl (C=O) groups is 2. The van der Waals surface area contributed by atoms with E-state index in [2.05, 4.69) is 16.6 Å². The van der Waals surface area contributed by atoms with Gasteiger partial charge in [-0.1, -0.05) is 122 Å². The van der Waals surface area contributed by atoms with Crippen molar-refractivity contribution in [3.63, 3.8) is 0 Å². The summed E-state index contributed by atoms with van der Waals surface area (Å²) in [6.45, 7) is 4.29. The Hall–Kier alpha value is -1.10. The van der Waals surface area contributed by atoms with Crippen molar-refractivity contribution in [3.8, 4) is 0 Å². The van der Waals surface area contributed by atoms with Gasteiger partial charge in [-0.25, -0.2) is 0 Å². The summed E-state index contributed by atoms with van der Waals surface area (Å²) in [4.78, 5) is 24.4. The molecule has 0 heterocycles. The Bertz CT molecular complexity index is 455. The zero-order chi connectivity index (χ0) is 25.1. The van der Waals surface area contributed by atoms with E-state index in [1.807, 2.05) is 0 Å². The molecule has 0 saturated carbocycles. The van der Waals surface area contributed by atoms with Crippen LogP contribution in [0, 0.1) is 0 Å². The second kappa shape index (κ2) is 26.5. The lowest BCUT2D eigenvalue weighted by atomic mass is 10.1. The van der Waals surface area contributed by atoms with Gasteiger partial charge in [0.05, 0.1) is 13.7 Å². The van der Waals surface area contributed by atoms with Crippen LogP contribution in [-0.2, 0) is 14.3 Å². The Labute approximate surface area is 211 Å². The van der Waals surface area contributed by atoms with Crippen LogP contribution in [0.15, 0.2) is 0 Å². The van der Waals surface area contributed by atoms with Crippen LogP contribution in [0.1, 0.15) is 148 Å². The third-order valence-electron chi connectivity index (χ3n) is 6.77. The quantitative estimate of drug-likeness (QED) is 0.0943. The lowest BCUT2D eigenvalue weighted by Crippen LogP contribution is -2.31. The lowest BCUT2D eigenvalue weighted by Gasteiger charge is -2.20. The number of hydrogen-bond donors (Lipinski definition) is 1. The highest BCUT2D eigenvalue weighted by atomic mass is 16.5. The molecule has 5 nitrogen and oxygen atoms in total. The molecule has 202 valence electrons. The summed E-state index contributed by atoms with van der Waals surface area (Å²) >= 11 is 0. The van der Waals surface area contributed by atoms with Crippen molar-refractivity contribution in [3.05, 3.63) is 0 Å². The zero-order valence-electron chi connectivity index (χ0n) is 22.8. The third-order valence-corrected chi connectivity index (χ3v) is 6.77. The van der Waals surface area contributed by atoms with Gasteiger partial charge in [-0.3, -0.25) is 14.5 Å². The molecule has 0 aliphatic rings. The first-order valence-corrected chi connectivity index (χ1v) is 14.6. The maximum atomic E-state index is 11.2. The number of rotatable bonds is 27. The van der Waals surface area contributed by atoms with Crippen molar-refractivity contribution in [1.29, 1.82) is 0 Å². The molecular weight excluding hydrogens is 426 g/mol. The maximum Gasteiger partial charge on any atom is 0.317 e. The molecule has 0 aromatic rings. The van der Waals surface area contributed by atoms with Gasteiger partial charge in [0.15, 0.2) is 0 Å². The van der Waals surface area contributed by atoms with E-state index >= 15 is 0 Å². The number of esters is 1. The largest absolute Gasteiger partial charge is 0.480 e. The highest BCUT2D eigenvalue weighted by molar-refractivity contribution is 5.69. The average Bonchev–Trinajstić information content (AvgIpc) is 2.82. The molecule has 0 aromatic carbocycles. The fraction of sp³-hybridized carbons (Fsp3) is 0.931. The van der Waals surface area contributed by atoms with E-state index < -0.39 is 5.97 Å². The summed E-state index contributed by atoms with van der Waals surface area (Å²) in [5, 5.41) is 9.21. The first-order chi connectivity index (χ1) is 16.6. The van der Waals surface area contributed by atoms with Crippen molar-refractivity contribution < 1.29 is 19.4 Å². The van der Waals surface area contributed by atoms with Crippen molar-refractivity contribution in [1.82, 2.24) is 4.90 Å². The first-order valence-electron chi connectivity index (χ1n) is 14.6. The molecule has 1 N–H and O–H groups in total. The van der Waals surface area contributed by atoms with Crippen molar-refractivity contribution in [2.24, 2.45) is 0 Å². The highest BCUT2D eigenvalue weighted by Gasteiger charge is 2.09. The number of carboxylic acid groups (broad SMARTS) is 1. The lowest BCUT2D eigenvalue weighted by molar-refractivity contribution is -0.141. The molecule has 0 aromatic heterocycles. The normalized spacial score (nSPS) is 11.3. The topological polar surface area (TPSA) is 66.8 Å². The molecule has 0 spiro atoms. The van der Waals surface area contributed by atoms with Crippen LogP contribution in [0.5, 0.6) is 0 Å². The summed E-state index contributed by atoms with van der Waals surface area (Å²) in [5.74, 6) is -0.804. The molecule has 0 unspecified atom stereocenters. The van der Waals surface area contributed by atoms with Crippen LogP contribution >= 0.6 is 0 Å². The van der Waals surface area contributed by atoms with Crippen LogP contribution in [0.3, 0.4) is 0 Å². The summed E-state index contributed by atoms with van der Waals surface area (Å²) in [6, 6.07) is 0. The SMILES string of the molecule is CCCCCCCCCCCCCCN(CCCCCCCCCCCC(=O)OC)CC(=O)O. The fourth-order valence-corrected chi connectivity index (χ4v) is 4.58. The Morgan fingerprint density at radius 3 is 1.29 bits per heavy atom. The molecular formula is C29H57NO4. The third kappa shape index (κ3) is 25.5. The van der Waals surface area contributed by atoms with E-state index in [1.165, 1.54) is 116 Å². The molecule has 0 atom stereocenters. The number of hydrogen-bond acceptors (Lipinski definition) is 4. The van der Waals surface area contributed by atoms with Crippen LogP contribution in [0.2, 0.25) is 0 Å². The number of aliphatic carboxylic acids is 1. The molecule has 0 bridgehead atoms. The predicted molar refractivity (Wildman–Crippen MR) is 143 cm³/mol. The Morgan fingerprint density at radius 1 is 0.588 bits per heavy atom. The van der Waals surface area contributed by atoms with E-state index in [-0.39, 0.29) is 12.5 Å². The molecule has 5 heteroatoms. The minimum absolute atomic E-state index is 0.101. The van der Waals surface area contributed by atoms with E-state index in [0.717, 1.165) is 38.8 Å². The molecule has 0 amide bonds. The zero-order valence-corrected chi connectivity index (χ0v) is 22.8. The van der Waals surface area contributed by atoms with Gasteiger partial charge in [0.1, 0.15) is 0 Å². The van der Waals surface area contributed by atoms with Gasteiger partial charge >= 0.3 is 11.9 Å². The number of carbonyl (C=O) groups excluding carboxylic acids is 1. The van der Waals surface area contributed by atoms with E-state index in [1.54, 1.807) is 0 Å². The first kappa shape index (κ1) is 32.9. The molecule has 0 radical (unpaired) electrons. The van der Waals surface area contributed by atoms with Crippen LogP contribution in [-0.4, -0.2) is 48.7 Å². The summed E-state index contributed by atoms with van der Waals surface area (Å²) in [6.07, 6.45) is 27.1. The Morgan fingerprint density at radius 2 is 0.941 bits per heavy atom. The molecule has 0 saturated heterocycles. The Balaban J connectivity index is 3.55. The van der Waals surface area contributed by atoms with Crippen LogP contribution < -0.4 is 0 Å². The number of methoxy groups -OCH3 is 1. The number of carboxylic acids is 1. The van der Waals surface area contributed by atoms with Crippen LogP contribution in [0.25, 0.3) is 0 Å². The van der Waals surface area contributed by atoms with Gasteiger partial charge in [-0.2, -0.15) is 0 Å². The number of unbranched alkanes of at least 4 members (excludes halogenated alkanes) is 19. The molecule has 0 aliphatic heterocycles. The Kier molecular flexibility index (Phi) is 25.6. The summed E-state index contributed by atoms with van der Waals surface area (Å²) in [7, 11) is 1.45. The summed E-state index contributed by atoms with van der Waals surface area (Å²) < 4.78 is 4.66.